The highest BCUT2D eigenvalue weighted by Gasteiger charge is 2.46. The lowest BCUT2D eigenvalue weighted by molar-refractivity contribution is -0.128. The van der Waals surface area contributed by atoms with Gasteiger partial charge in [0.2, 0.25) is 11.8 Å². The summed E-state index contributed by atoms with van der Waals surface area (Å²) in [5.74, 6) is 1.93. The molecule has 6 heteroatoms. The van der Waals surface area contributed by atoms with Gasteiger partial charge in [-0.25, -0.2) is 0 Å². The lowest BCUT2D eigenvalue weighted by Crippen LogP contribution is -2.46. The van der Waals surface area contributed by atoms with Crippen molar-refractivity contribution in [3.63, 3.8) is 0 Å². The number of hydrogen-bond donors (Lipinski definition) is 1. The second-order valence-electron chi connectivity index (χ2n) is 9.37. The Morgan fingerprint density at radius 2 is 1.55 bits per heavy atom. The van der Waals surface area contributed by atoms with Gasteiger partial charge in [0, 0.05) is 18.2 Å². The molecule has 2 fully saturated rings. The molecule has 6 nitrogen and oxygen atoms in total. The Balaban J connectivity index is 1.65. The molecule has 1 saturated carbocycles. The van der Waals surface area contributed by atoms with Gasteiger partial charge in [0.1, 0.15) is 11.5 Å². The van der Waals surface area contributed by atoms with Crippen LogP contribution in [0.3, 0.4) is 0 Å². The van der Waals surface area contributed by atoms with Gasteiger partial charge in [-0.15, -0.1) is 0 Å². The van der Waals surface area contributed by atoms with Crippen LogP contribution in [0.4, 0.5) is 5.69 Å². The van der Waals surface area contributed by atoms with Crippen molar-refractivity contribution in [2.45, 2.75) is 51.6 Å². The third-order valence-electron chi connectivity index (χ3n) is 7.50. The first-order valence-corrected chi connectivity index (χ1v) is 11.8. The predicted molar refractivity (Wildman–Crippen MR) is 128 cm³/mol. The molecule has 2 aromatic carbocycles. The molecule has 4 rings (SSSR count). The minimum atomic E-state index is -0.461. The summed E-state index contributed by atoms with van der Waals surface area (Å²) < 4.78 is 10.6. The van der Waals surface area contributed by atoms with Gasteiger partial charge in [-0.2, -0.15) is 0 Å². The number of nitrogens with zero attached hydrogens (tertiary/aromatic N) is 1. The molecule has 0 bridgehead atoms. The summed E-state index contributed by atoms with van der Waals surface area (Å²) in [6, 6.07) is 14.9. The highest BCUT2D eigenvalue weighted by molar-refractivity contribution is 6.01. The zero-order valence-electron chi connectivity index (χ0n) is 19.9. The average molecular weight is 451 g/mol. The fourth-order valence-corrected chi connectivity index (χ4v) is 5.27. The number of benzene rings is 2. The molecule has 2 amide bonds. The van der Waals surface area contributed by atoms with Gasteiger partial charge < -0.3 is 19.7 Å². The highest BCUT2D eigenvalue weighted by atomic mass is 16.5. The molecule has 0 radical (unpaired) electrons. The van der Waals surface area contributed by atoms with Crippen LogP contribution in [0.1, 0.15) is 51.1 Å². The van der Waals surface area contributed by atoms with E-state index in [0.717, 1.165) is 35.6 Å². The van der Waals surface area contributed by atoms with E-state index < -0.39 is 5.92 Å². The van der Waals surface area contributed by atoms with E-state index in [9.17, 15) is 9.59 Å². The van der Waals surface area contributed by atoms with Crippen molar-refractivity contribution in [3.05, 3.63) is 54.1 Å². The number of amides is 2. The number of hydrogen-bond acceptors (Lipinski definition) is 4. The fourth-order valence-electron chi connectivity index (χ4n) is 5.27. The zero-order chi connectivity index (χ0) is 23.5. The van der Waals surface area contributed by atoms with E-state index in [0.29, 0.717) is 11.8 Å². The minimum absolute atomic E-state index is 0.0360. The fraction of sp³-hybridized carbons (Fsp3) is 0.481. The molecule has 1 N–H and O–H groups in total. The average Bonchev–Trinajstić information content (AvgIpc) is 3.19. The van der Waals surface area contributed by atoms with Crippen LogP contribution in [0, 0.1) is 17.8 Å². The Kier molecular flexibility index (Phi) is 6.91. The van der Waals surface area contributed by atoms with E-state index >= 15 is 0 Å². The maximum Gasteiger partial charge on any atom is 0.228 e. The zero-order valence-corrected chi connectivity index (χ0v) is 19.9. The molecule has 1 aliphatic heterocycles. The first-order chi connectivity index (χ1) is 15.9. The number of methoxy groups -OCH3 is 2. The third kappa shape index (κ3) is 4.70. The molecule has 1 aliphatic carbocycles. The lowest BCUT2D eigenvalue weighted by Gasteiger charge is -2.36. The van der Waals surface area contributed by atoms with Gasteiger partial charge in [-0.3, -0.25) is 9.59 Å². The first-order valence-electron chi connectivity index (χ1n) is 11.8. The predicted octanol–water partition coefficient (Wildman–Crippen LogP) is 4.74. The van der Waals surface area contributed by atoms with Crippen LogP contribution in [-0.2, 0) is 9.59 Å². The van der Waals surface area contributed by atoms with E-state index in [1.807, 2.05) is 48.5 Å². The molecule has 2 aromatic rings. The number of anilines is 1. The van der Waals surface area contributed by atoms with Gasteiger partial charge in [0.25, 0.3) is 0 Å². The smallest absolute Gasteiger partial charge is 0.228 e. The lowest BCUT2D eigenvalue weighted by atomic mass is 9.77. The molecular weight excluding hydrogens is 416 g/mol. The molecule has 1 saturated heterocycles. The standard InChI is InChI=1S/C27H34N2O4/c1-17-6-5-7-24(18(17)2)28-27(31)23-16-25(30)29(20-10-14-22(33-4)15-11-20)26(23)19-8-12-21(32-3)13-9-19/h8-15,17-18,23-24,26H,5-7,16H2,1-4H3,(H,28,31)/t17-,18+,23-,24-,26-/m1/s1. The largest absolute Gasteiger partial charge is 0.497 e. The number of carbonyl (C=O) groups excluding carboxylic acids is 2. The number of carbonyl (C=O) groups is 2. The summed E-state index contributed by atoms with van der Waals surface area (Å²) in [4.78, 5) is 28.6. The van der Waals surface area contributed by atoms with Crippen LogP contribution in [0.5, 0.6) is 11.5 Å². The van der Waals surface area contributed by atoms with E-state index in [1.54, 1.807) is 19.1 Å². The monoisotopic (exact) mass is 450 g/mol. The van der Waals surface area contributed by atoms with E-state index in [2.05, 4.69) is 19.2 Å². The van der Waals surface area contributed by atoms with E-state index in [-0.39, 0.29) is 30.3 Å². The molecular formula is C27H34N2O4. The quantitative estimate of drug-likeness (QED) is 0.690. The summed E-state index contributed by atoms with van der Waals surface area (Å²) in [5.41, 5.74) is 1.68. The summed E-state index contributed by atoms with van der Waals surface area (Å²) >= 11 is 0. The number of rotatable bonds is 6. The molecule has 2 aliphatic rings. The van der Waals surface area contributed by atoms with Crippen molar-refractivity contribution in [1.82, 2.24) is 5.32 Å². The number of nitrogens with one attached hydrogen (secondary N) is 1. The van der Waals surface area contributed by atoms with Crippen molar-refractivity contribution in [2.75, 3.05) is 19.1 Å². The van der Waals surface area contributed by atoms with Gasteiger partial charge in [-0.1, -0.05) is 38.8 Å². The summed E-state index contributed by atoms with van der Waals surface area (Å²) in [6.07, 6.45) is 3.51. The summed E-state index contributed by atoms with van der Waals surface area (Å²) in [6.45, 7) is 4.48. The highest BCUT2D eigenvalue weighted by Crippen LogP contribution is 2.42. The summed E-state index contributed by atoms with van der Waals surface area (Å²) in [7, 11) is 3.24. The Labute approximate surface area is 196 Å². The van der Waals surface area contributed by atoms with Crippen molar-refractivity contribution >= 4 is 17.5 Å². The van der Waals surface area contributed by atoms with Crippen LogP contribution >= 0.6 is 0 Å². The topological polar surface area (TPSA) is 67.9 Å². The van der Waals surface area contributed by atoms with Crippen LogP contribution in [0.15, 0.2) is 48.5 Å². The normalized spacial score (nSPS) is 27.3. The molecule has 176 valence electrons. The maximum atomic E-state index is 13.6. The van der Waals surface area contributed by atoms with Crippen LogP contribution in [0.25, 0.3) is 0 Å². The van der Waals surface area contributed by atoms with Gasteiger partial charge in [0.05, 0.1) is 26.2 Å². The Morgan fingerprint density at radius 1 is 0.939 bits per heavy atom. The van der Waals surface area contributed by atoms with Crippen molar-refractivity contribution in [3.8, 4) is 11.5 Å². The van der Waals surface area contributed by atoms with E-state index in [4.69, 9.17) is 9.47 Å². The minimum Gasteiger partial charge on any atom is -0.497 e. The first kappa shape index (κ1) is 23.1. The third-order valence-corrected chi connectivity index (χ3v) is 7.50. The summed E-state index contributed by atoms with van der Waals surface area (Å²) in [5, 5.41) is 3.31. The van der Waals surface area contributed by atoms with Gasteiger partial charge >= 0.3 is 0 Å². The Morgan fingerprint density at radius 3 is 2.15 bits per heavy atom. The van der Waals surface area contributed by atoms with Gasteiger partial charge in [-0.05, 0) is 60.2 Å². The van der Waals surface area contributed by atoms with Crippen molar-refractivity contribution in [1.29, 1.82) is 0 Å². The molecule has 0 aromatic heterocycles. The van der Waals surface area contributed by atoms with Crippen molar-refractivity contribution in [2.24, 2.45) is 17.8 Å². The van der Waals surface area contributed by atoms with Crippen LogP contribution < -0.4 is 19.7 Å². The molecule has 0 spiro atoms. The van der Waals surface area contributed by atoms with Crippen molar-refractivity contribution < 1.29 is 19.1 Å². The second kappa shape index (κ2) is 9.86. The molecule has 5 atom stereocenters. The second-order valence-corrected chi connectivity index (χ2v) is 9.37. The van der Waals surface area contributed by atoms with E-state index in [1.165, 1.54) is 6.42 Å². The Hall–Kier alpha value is -3.02. The van der Waals surface area contributed by atoms with Gasteiger partial charge in [0.15, 0.2) is 0 Å². The van der Waals surface area contributed by atoms with Crippen LogP contribution in [0.2, 0.25) is 0 Å². The molecule has 33 heavy (non-hydrogen) atoms. The molecule has 0 unspecified atom stereocenters. The number of ether oxygens (including phenoxy) is 2. The molecule has 1 heterocycles. The maximum absolute atomic E-state index is 13.6. The SMILES string of the molecule is COc1ccc([C@@H]2[C@H](C(=O)N[C@@H]3CCC[C@@H](C)[C@@H]3C)CC(=O)N2c2ccc(OC)cc2)cc1. The van der Waals surface area contributed by atoms with Crippen LogP contribution in [-0.4, -0.2) is 32.1 Å². The Bertz CT molecular complexity index is 973.